The third-order valence-electron chi connectivity index (χ3n) is 3.96. The number of methoxy groups -OCH3 is 1. The summed E-state index contributed by atoms with van der Waals surface area (Å²) in [4.78, 5) is 2.20. The summed E-state index contributed by atoms with van der Waals surface area (Å²) in [6.07, 6.45) is 3.23. The number of ether oxygens (including phenoxy) is 2. The van der Waals surface area contributed by atoms with Gasteiger partial charge in [-0.05, 0) is 51.2 Å². The molecule has 0 atom stereocenters. The van der Waals surface area contributed by atoms with Crippen LogP contribution in [0.3, 0.4) is 0 Å². The lowest BCUT2D eigenvalue weighted by molar-refractivity contribution is 0.282. The predicted molar refractivity (Wildman–Crippen MR) is 96.7 cm³/mol. The van der Waals surface area contributed by atoms with E-state index in [4.69, 9.17) is 9.47 Å². The first kappa shape index (κ1) is 15.9. The molecule has 2 aromatic carbocycles. The minimum absolute atomic E-state index is 0.512. The molecule has 0 unspecified atom stereocenters. The Morgan fingerprint density at radius 1 is 1.13 bits per heavy atom. The summed E-state index contributed by atoms with van der Waals surface area (Å²) in [7, 11) is 3.76. The number of nitrogens with zero attached hydrogens (tertiary/aromatic N) is 1. The summed E-state index contributed by atoms with van der Waals surface area (Å²) in [5.41, 5.74) is 3.61. The lowest BCUT2D eigenvalue weighted by atomic mass is 10.0. The SMILES string of the molecule is COc1ccc(C2=CN(C)CC2)c(Br)c1OCc1ccccc1. The summed E-state index contributed by atoms with van der Waals surface area (Å²) in [5, 5.41) is 0. The number of rotatable bonds is 5. The van der Waals surface area contributed by atoms with Crippen molar-refractivity contribution in [2.75, 3.05) is 20.7 Å². The average Bonchev–Trinajstić information content (AvgIpc) is 3.00. The average molecular weight is 374 g/mol. The Kier molecular flexibility index (Phi) is 4.91. The lowest BCUT2D eigenvalue weighted by Crippen LogP contribution is -2.04. The molecule has 0 saturated carbocycles. The minimum atomic E-state index is 0.512. The molecule has 120 valence electrons. The van der Waals surface area contributed by atoms with Crippen molar-refractivity contribution in [2.45, 2.75) is 13.0 Å². The second-order valence-corrected chi connectivity index (χ2v) is 6.41. The second-order valence-electron chi connectivity index (χ2n) is 5.62. The zero-order valence-electron chi connectivity index (χ0n) is 13.4. The topological polar surface area (TPSA) is 21.7 Å². The fraction of sp³-hybridized carbons (Fsp3) is 0.263. The van der Waals surface area contributed by atoms with Crippen molar-refractivity contribution in [2.24, 2.45) is 0 Å². The van der Waals surface area contributed by atoms with Gasteiger partial charge in [-0.1, -0.05) is 30.3 Å². The number of benzene rings is 2. The van der Waals surface area contributed by atoms with Gasteiger partial charge >= 0.3 is 0 Å². The van der Waals surface area contributed by atoms with Crippen molar-refractivity contribution in [3.63, 3.8) is 0 Å². The van der Waals surface area contributed by atoms with E-state index in [1.807, 2.05) is 24.3 Å². The Morgan fingerprint density at radius 2 is 1.91 bits per heavy atom. The van der Waals surface area contributed by atoms with E-state index < -0.39 is 0 Å². The Hall–Kier alpha value is -1.94. The van der Waals surface area contributed by atoms with E-state index >= 15 is 0 Å². The van der Waals surface area contributed by atoms with Crippen LogP contribution < -0.4 is 9.47 Å². The van der Waals surface area contributed by atoms with E-state index in [0.717, 1.165) is 34.5 Å². The van der Waals surface area contributed by atoms with Gasteiger partial charge in [0, 0.05) is 19.8 Å². The van der Waals surface area contributed by atoms with E-state index in [9.17, 15) is 0 Å². The third-order valence-corrected chi connectivity index (χ3v) is 4.75. The Bertz CT molecular complexity index is 713. The Morgan fingerprint density at radius 3 is 2.57 bits per heavy atom. The Labute approximate surface area is 145 Å². The van der Waals surface area contributed by atoms with E-state index in [1.165, 1.54) is 11.1 Å². The standard InChI is InChI=1S/C19H20BrNO2/c1-21-11-10-15(12-21)16-8-9-17(22-2)19(18(16)20)23-13-14-6-4-3-5-7-14/h3-9,12H,10-11,13H2,1-2H3. The van der Waals surface area contributed by atoms with Gasteiger partial charge < -0.3 is 14.4 Å². The van der Waals surface area contributed by atoms with Gasteiger partial charge in [-0.3, -0.25) is 0 Å². The fourth-order valence-electron chi connectivity index (χ4n) is 2.71. The van der Waals surface area contributed by atoms with Crippen LogP contribution in [0.1, 0.15) is 17.5 Å². The minimum Gasteiger partial charge on any atom is -0.493 e. The molecule has 3 nitrogen and oxygen atoms in total. The summed E-state index contributed by atoms with van der Waals surface area (Å²) < 4.78 is 12.5. The van der Waals surface area contributed by atoms with Gasteiger partial charge in [0.2, 0.25) is 0 Å². The molecule has 1 aliphatic rings. The first-order valence-corrected chi connectivity index (χ1v) is 8.43. The van der Waals surface area contributed by atoms with Crippen molar-refractivity contribution in [3.8, 4) is 11.5 Å². The predicted octanol–water partition coefficient (Wildman–Crippen LogP) is 4.71. The van der Waals surface area contributed by atoms with Crippen molar-refractivity contribution < 1.29 is 9.47 Å². The van der Waals surface area contributed by atoms with Crippen molar-refractivity contribution in [3.05, 3.63) is 64.3 Å². The maximum atomic E-state index is 6.06. The van der Waals surface area contributed by atoms with E-state index in [0.29, 0.717) is 6.61 Å². The first-order valence-electron chi connectivity index (χ1n) is 7.63. The van der Waals surface area contributed by atoms with Crippen LogP contribution in [0.2, 0.25) is 0 Å². The Balaban J connectivity index is 1.89. The molecule has 2 aromatic rings. The van der Waals surface area contributed by atoms with Crippen LogP contribution in [0.25, 0.3) is 5.57 Å². The van der Waals surface area contributed by atoms with Gasteiger partial charge in [0.1, 0.15) is 6.61 Å². The molecular formula is C19H20BrNO2. The van der Waals surface area contributed by atoms with Crippen LogP contribution in [0.15, 0.2) is 53.1 Å². The molecule has 1 heterocycles. The van der Waals surface area contributed by atoms with Gasteiger partial charge in [-0.15, -0.1) is 0 Å². The monoisotopic (exact) mass is 373 g/mol. The molecule has 1 aliphatic heterocycles. The molecule has 23 heavy (non-hydrogen) atoms. The summed E-state index contributed by atoms with van der Waals surface area (Å²) in [6.45, 7) is 1.56. The largest absolute Gasteiger partial charge is 0.493 e. The molecule has 3 rings (SSSR count). The third kappa shape index (κ3) is 3.53. The van der Waals surface area contributed by atoms with Gasteiger partial charge in [0.15, 0.2) is 11.5 Å². The number of halogens is 1. The van der Waals surface area contributed by atoms with Crippen LogP contribution in [-0.2, 0) is 6.61 Å². The summed E-state index contributed by atoms with van der Waals surface area (Å²) in [6, 6.07) is 14.2. The molecular weight excluding hydrogens is 354 g/mol. The van der Waals surface area contributed by atoms with Gasteiger partial charge in [0.25, 0.3) is 0 Å². The highest BCUT2D eigenvalue weighted by Gasteiger charge is 2.19. The van der Waals surface area contributed by atoms with Crippen LogP contribution >= 0.6 is 15.9 Å². The maximum absolute atomic E-state index is 6.06. The van der Waals surface area contributed by atoms with Crippen LogP contribution in [0.5, 0.6) is 11.5 Å². The van der Waals surface area contributed by atoms with E-state index in [2.05, 4.69) is 52.3 Å². The normalized spacial score (nSPS) is 13.9. The van der Waals surface area contributed by atoms with Crippen LogP contribution in [0.4, 0.5) is 0 Å². The van der Waals surface area contributed by atoms with Gasteiger partial charge in [0.05, 0.1) is 11.6 Å². The summed E-state index contributed by atoms with van der Waals surface area (Å²) >= 11 is 3.71. The maximum Gasteiger partial charge on any atom is 0.176 e. The van der Waals surface area contributed by atoms with E-state index in [1.54, 1.807) is 7.11 Å². The molecule has 4 heteroatoms. The van der Waals surface area contributed by atoms with Gasteiger partial charge in [-0.25, -0.2) is 0 Å². The van der Waals surface area contributed by atoms with Crippen LogP contribution in [0, 0.1) is 0 Å². The lowest BCUT2D eigenvalue weighted by Gasteiger charge is -2.16. The highest BCUT2D eigenvalue weighted by atomic mass is 79.9. The van der Waals surface area contributed by atoms with Crippen molar-refractivity contribution >= 4 is 21.5 Å². The molecule has 0 N–H and O–H groups in total. The molecule has 0 aromatic heterocycles. The van der Waals surface area contributed by atoms with Crippen molar-refractivity contribution in [1.82, 2.24) is 4.90 Å². The van der Waals surface area contributed by atoms with Gasteiger partial charge in [-0.2, -0.15) is 0 Å². The zero-order valence-corrected chi connectivity index (χ0v) is 15.0. The molecule has 0 bridgehead atoms. The molecule has 0 saturated heterocycles. The highest BCUT2D eigenvalue weighted by Crippen LogP contribution is 2.42. The second kappa shape index (κ2) is 7.09. The highest BCUT2D eigenvalue weighted by molar-refractivity contribution is 9.10. The number of hydrogen-bond acceptors (Lipinski definition) is 3. The molecule has 0 amide bonds. The number of hydrogen-bond donors (Lipinski definition) is 0. The van der Waals surface area contributed by atoms with E-state index in [-0.39, 0.29) is 0 Å². The smallest absolute Gasteiger partial charge is 0.176 e. The summed E-state index contributed by atoms with van der Waals surface area (Å²) in [5.74, 6) is 1.49. The molecule has 0 spiro atoms. The first-order chi connectivity index (χ1) is 11.2. The zero-order chi connectivity index (χ0) is 16.2. The molecule has 0 fully saturated rings. The van der Waals surface area contributed by atoms with Crippen LogP contribution in [-0.4, -0.2) is 25.6 Å². The van der Waals surface area contributed by atoms with Crippen molar-refractivity contribution in [1.29, 1.82) is 0 Å². The molecule has 0 radical (unpaired) electrons. The fourth-order valence-corrected chi connectivity index (χ4v) is 3.40. The quantitative estimate of drug-likeness (QED) is 0.757. The molecule has 0 aliphatic carbocycles.